The molecule has 2 saturated heterocycles. The number of aliphatic hydroxyl groups is 1. The van der Waals surface area contributed by atoms with Gasteiger partial charge in [0, 0.05) is 24.6 Å². The molecule has 2 heterocycles. The molecule has 3 atom stereocenters. The summed E-state index contributed by atoms with van der Waals surface area (Å²) in [5.74, 6) is -0.313. The van der Waals surface area contributed by atoms with E-state index in [1.807, 2.05) is 31.3 Å². The van der Waals surface area contributed by atoms with Crippen LogP contribution in [0.2, 0.25) is 0 Å². The number of carbonyl (C=O) groups excluding carboxylic acids is 2. The van der Waals surface area contributed by atoms with E-state index in [2.05, 4.69) is 15.5 Å². The zero-order valence-corrected chi connectivity index (χ0v) is 13.3. The molecule has 3 unspecified atom stereocenters. The molecule has 0 bridgehead atoms. The van der Waals surface area contributed by atoms with Gasteiger partial charge in [0.25, 0.3) is 0 Å². The fourth-order valence-electron chi connectivity index (χ4n) is 3.34. The predicted octanol–water partition coefficient (Wildman–Crippen LogP) is 0.684. The van der Waals surface area contributed by atoms with Crippen molar-refractivity contribution < 1.29 is 14.7 Å². The Morgan fingerprint density at radius 3 is 2.61 bits per heavy atom. The lowest BCUT2D eigenvalue weighted by atomic mass is 9.87. The van der Waals surface area contributed by atoms with Crippen LogP contribution in [0.3, 0.4) is 0 Å². The van der Waals surface area contributed by atoms with Crippen LogP contribution in [-0.4, -0.2) is 54.1 Å². The zero-order chi connectivity index (χ0) is 16.4. The molecule has 2 fully saturated rings. The average molecular weight is 317 g/mol. The van der Waals surface area contributed by atoms with Gasteiger partial charge >= 0.3 is 0 Å². The molecular formula is C17H23N3O3. The van der Waals surface area contributed by atoms with Gasteiger partial charge in [-0.15, -0.1) is 0 Å². The van der Waals surface area contributed by atoms with Crippen LogP contribution in [0.4, 0.5) is 5.69 Å². The van der Waals surface area contributed by atoms with Gasteiger partial charge in [0.15, 0.2) is 0 Å². The van der Waals surface area contributed by atoms with Gasteiger partial charge in [-0.25, -0.2) is 0 Å². The maximum Gasteiger partial charge on any atom is 0.249 e. The third-order valence-electron chi connectivity index (χ3n) is 4.70. The summed E-state index contributed by atoms with van der Waals surface area (Å²) >= 11 is 0. The minimum absolute atomic E-state index is 0.163. The van der Waals surface area contributed by atoms with E-state index in [1.54, 1.807) is 0 Å². The molecule has 23 heavy (non-hydrogen) atoms. The SMILES string of the molecule is CN1CCC(c2ccc(NC3CCC(=O)NC3=O)cc2)C(O)C1. The molecule has 0 spiro atoms. The number of nitrogens with zero attached hydrogens (tertiary/aromatic N) is 1. The van der Waals surface area contributed by atoms with Crippen LogP contribution >= 0.6 is 0 Å². The predicted molar refractivity (Wildman–Crippen MR) is 87.1 cm³/mol. The van der Waals surface area contributed by atoms with Crippen LogP contribution in [-0.2, 0) is 9.59 Å². The normalized spacial score (nSPS) is 29.2. The van der Waals surface area contributed by atoms with Crippen molar-refractivity contribution in [3.05, 3.63) is 29.8 Å². The average Bonchev–Trinajstić information content (AvgIpc) is 2.51. The van der Waals surface area contributed by atoms with E-state index >= 15 is 0 Å². The Morgan fingerprint density at radius 1 is 1.22 bits per heavy atom. The summed E-state index contributed by atoms with van der Waals surface area (Å²) in [5.41, 5.74) is 1.98. The molecule has 3 N–H and O–H groups in total. The Morgan fingerprint density at radius 2 is 1.96 bits per heavy atom. The molecule has 1 aromatic carbocycles. The second kappa shape index (κ2) is 6.68. The quantitative estimate of drug-likeness (QED) is 0.715. The van der Waals surface area contributed by atoms with Crippen molar-refractivity contribution >= 4 is 17.5 Å². The van der Waals surface area contributed by atoms with Crippen molar-refractivity contribution in [2.75, 3.05) is 25.5 Å². The zero-order valence-electron chi connectivity index (χ0n) is 13.3. The number of benzene rings is 1. The summed E-state index contributed by atoms with van der Waals surface area (Å²) in [6.45, 7) is 1.68. The monoisotopic (exact) mass is 317 g/mol. The summed E-state index contributed by atoms with van der Waals surface area (Å²) in [5, 5.41) is 15.7. The van der Waals surface area contributed by atoms with Gasteiger partial charge in [0.05, 0.1) is 6.10 Å². The molecule has 0 aliphatic carbocycles. The van der Waals surface area contributed by atoms with Gasteiger partial charge < -0.3 is 15.3 Å². The van der Waals surface area contributed by atoms with Crippen molar-refractivity contribution in [1.82, 2.24) is 10.2 Å². The fourth-order valence-corrected chi connectivity index (χ4v) is 3.34. The Balaban J connectivity index is 1.63. The third kappa shape index (κ3) is 3.71. The van der Waals surface area contributed by atoms with Gasteiger partial charge in [-0.3, -0.25) is 14.9 Å². The Hall–Kier alpha value is -1.92. The van der Waals surface area contributed by atoms with E-state index in [1.165, 1.54) is 0 Å². The van der Waals surface area contributed by atoms with E-state index in [9.17, 15) is 14.7 Å². The minimum Gasteiger partial charge on any atom is -0.391 e. The smallest absolute Gasteiger partial charge is 0.249 e. The lowest BCUT2D eigenvalue weighted by molar-refractivity contribution is -0.133. The number of likely N-dealkylation sites (tertiary alicyclic amines) is 1. The number of anilines is 1. The molecule has 0 saturated carbocycles. The summed E-state index contributed by atoms with van der Waals surface area (Å²) < 4.78 is 0. The number of hydrogen-bond donors (Lipinski definition) is 3. The lowest BCUT2D eigenvalue weighted by Crippen LogP contribution is -2.47. The molecule has 0 radical (unpaired) electrons. The first-order chi connectivity index (χ1) is 11.0. The van der Waals surface area contributed by atoms with Crippen LogP contribution in [0.25, 0.3) is 0 Å². The Labute approximate surface area is 135 Å². The first-order valence-corrected chi connectivity index (χ1v) is 8.10. The van der Waals surface area contributed by atoms with E-state index in [4.69, 9.17) is 0 Å². The molecular weight excluding hydrogens is 294 g/mol. The number of hydrogen-bond acceptors (Lipinski definition) is 5. The number of aliphatic hydroxyl groups excluding tert-OH is 1. The number of nitrogens with one attached hydrogen (secondary N) is 2. The minimum atomic E-state index is -0.368. The first-order valence-electron chi connectivity index (χ1n) is 8.10. The van der Waals surface area contributed by atoms with Crippen LogP contribution in [0, 0.1) is 0 Å². The standard InChI is InChI=1S/C17H23N3O3/c1-20-9-8-13(15(21)10-20)11-2-4-12(5-3-11)18-14-6-7-16(22)19-17(14)23/h2-5,13-15,18,21H,6-10H2,1H3,(H,19,22,23). The largest absolute Gasteiger partial charge is 0.391 e. The molecule has 3 rings (SSSR count). The Kier molecular flexibility index (Phi) is 4.63. The highest BCUT2D eigenvalue weighted by Crippen LogP contribution is 2.29. The van der Waals surface area contributed by atoms with Crippen molar-refractivity contribution in [3.8, 4) is 0 Å². The molecule has 2 aliphatic rings. The molecule has 1 aromatic rings. The van der Waals surface area contributed by atoms with E-state index < -0.39 is 0 Å². The van der Waals surface area contributed by atoms with Crippen molar-refractivity contribution in [3.63, 3.8) is 0 Å². The maximum absolute atomic E-state index is 11.8. The van der Waals surface area contributed by atoms with Crippen molar-refractivity contribution in [1.29, 1.82) is 0 Å². The highest BCUT2D eigenvalue weighted by atomic mass is 16.3. The maximum atomic E-state index is 11.8. The molecule has 6 nitrogen and oxygen atoms in total. The number of piperidine rings is 2. The number of amides is 2. The number of β-amino-alcohol motifs (C(OH)–C–C–N with tert-alkyl or cyclic N) is 1. The van der Waals surface area contributed by atoms with Crippen molar-refractivity contribution in [2.45, 2.75) is 37.3 Å². The summed E-state index contributed by atoms with van der Waals surface area (Å²) in [4.78, 5) is 25.1. The van der Waals surface area contributed by atoms with Gasteiger partial charge in [-0.2, -0.15) is 0 Å². The van der Waals surface area contributed by atoms with Gasteiger partial charge in [0.2, 0.25) is 11.8 Å². The molecule has 2 amide bonds. The lowest BCUT2D eigenvalue weighted by Gasteiger charge is -2.34. The van der Waals surface area contributed by atoms with Crippen LogP contribution in [0.15, 0.2) is 24.3 Å². The summed E-state index contributed by atoms with van der Waals surface area (Å²) in [6, 6.07) is 7.52. The van der Waals surface area contributed by atoms with E-state index in [-0.39, 0.29) is 29.9 Å². The number of carbonyl (C=O) groups is 2. The first kappa shape index (κ1) is 16.0. The summed E-state index contributed by atoms with van der Waals surface area (Å²) in [7, 11) is 2.02. The topological polar surface area (TPSA) is 81.7 Å². The number of rotatable bonds is 3. The highest BCUT2D eigenvalue weighted by Gasteiger charge is 2.28. The highest BCUT2D eigenvalue weighted by molar-refractivity contribution is 6.01. The molecule has 0 aromatic heterocycles. The third-order valence-corrected chi connectivity index (χ3v) is 4.70. The van der Waals surface area contributed by atoms with Gasteiger partial charge in [-0.1, -0.05) is 12.1 Å². The van der Waals surface area contributed by atoms with Crippen LogP contribution in [0.1, 0.15) is 30.7 Å². The van der Waals surface area contributed by atoms with Gasteiger partial charge in [0.1, 0.15) is 6.04 Å². The second-order valence-corrected chi connectivity index (χ2v) is 6.49. The Bertz CT molecular complexity index is 587. The number of imide groups is 1. The molecule has 2 aliphatic heterocycles. The fraction of sp³-hybridized carbons (Fsp3) is 0.529. The molecule has 124 valence electrons. The second-order valence-electron chi connectivity index (χ2n) is 6.49. The van der Waals surface area contributed by atoms with E-state index in [0.29, 0.717) is 19.4 Å². The van der Waals surface area contributed by atoms with Crippen LogP contribution in [0.5, 0.6) is 0 Å². The van der Waals surface area contributed by atoms with Crippen molar-refractivity contribution in [2.24, 2.45) is 0 Å². The van der Waals surface area contributed by atoms with Gasteiger partial charge in [-0.05, 0) is 44.1 Å². The van der Waals surface area contributed by atoms with E-state index in [0.717, 1.165) is 24.2 Å². The number of likely N-dealkylation sites (N-methyl/N-ethyl adjacent to an activating group) is 1. The summed E-state index contributed by atoms with van der Waals surface area (Å²) in [6.07, 6.45) is 1.48. The molecule has 6 heteroatoms. The van der Waals surface area contributed by atoms with Crippen LogP contribution < -0.4 is 10.6 Å².